The second-order valence-electron chi connectivity index (χ2n) is 5.99. The van der Waals surface area contributed by atoms with Crippen molar-refractivity contribution in [3.63, 3.8) is 0 Å². The molecule has 2 aromatic rings. The first-order valence-electron chi connectivity index (χ1n) is 7.88. The van der Waals surface area contributed by atoms with Gasteiger partial charge in [0.2, 0.25) is 0 Å². The topological polar surface area (TPSA) is 80.0 Å². The lowest BCUT2D eigenvalue weighted by molar-refractivity contribution is 0.0951. The molecule has 23 heavy (non-hydrogen) atoms. The highest BCUT2D eigenvalue weighted by molar-refractivity contribution is 6.06. The molecule has 1 atom stereocenters. The molecular weight excluding hydrogens is 316 g/mol. The maximum absolute atomic E-state index is 12.6. The van der Waals surface area contributed by atoms with E-state index in [1.54, 1.807) is 0 Å². The number of nitrogens with zero attached hydrogens (tertiary/aromatic N) is 2. The standard InChI is InChI=1S/C16H22N4O2.ClH/c1-4-17-9(2)8-18-15(21)12-7-13(11-5-6-11)19-16-14(12)10(3)20-22-16;/h7,9,11,17H,4-6,8H2,1-3H3,(H,18,21);1H/t9-;/m1./s1. The summed E-state index contributed by atoms with van der Waals surface area (Å²) in [4.78, 5) is 17.1. The van der Waals surface area contributed by atoms with Crippen LogP contribution in [0, 0.1) is 6.92 Å². The number of aromatic nitrogens is 2. The Balaban J connectivity index is 0.00000192. The van der Waals surface area contributed by atoms with E-state index in [1.165, 1.54) is 0 Å². The van der Waals surface area contributed by atoms with Gasteiger partial charge in [-0.3, -0.25) is 4.79 Å². The summed E-state index contributed by atoms with van der Waals surface area (Å²) in [5, 5.41) is 10.9. The van der Waals surface area contributed by atoms with Crippen LogP contribution in [-0.4, -0.2) is 35.2 Å². The first-order chi connectivity index (χ1) is 10.6. The number of amides is 1. The number of hydrogen-bond donors (Lipinski definition) is 2. The molecule has 0 saturated heterocycles. The van der Waals surface area contributed by atoms with Crippen molar-refractivity contribution in [1.82, 2.24) is 20.8 Å². The molecule has 0 bridgehead atoms. The van der Waals surface area contributed by atoms with Gasteiger partial charge in [0.05, 0.1) is 16.6 Å². The van der Waals surface area contributed by atoms with E-state index >= 15 is 0 Å². The number of fused-ring (bicyclic) bond motifs is 1. The summed E-state index contributed by atoms with van der Waals surface area (Å²) in [7, 11) is 0. The lowest BCUT2D eigenvalue weighted by atomic mass is 10.1. The van der Waals surface area contributed by atoms with Gasteiger partial charge in [0.25, 0.3) is 11.6 Å². The van der Waals surface area contributed by atoms with E-state index in [2.05, 4.69) is 20.8 Å². The highest BCUT2D eigenvalue weighted by Crippen LogP contribution is 2.40. The number of halogens is 1. The Morgan fingerprint density at radius 2 is 2.22 bits per heavy atom. The molecule has 2 aromatic heterocycles. The molecule has 1 amide bonds. The number of nitrogens with one attached hydrogen (secondary N) is 2. The zero-order valence-corrected chi connectivity index (χ0v) is 14.5. The minimum Gasteiger partial charge on any atom is -0.350 e. The average Bonchev–Trinajstić information content (AvgIpc) is 3.29. The summed E-state index contributed by atoms with van der Waals surface area (Å²) >= 11 is 0. The van der Waals surface area contributed by atoms with Crippen LogP contribution >= 0.6 is 12.4 Å². The van der Waals surface area contributed by atoms with E-state index in [0.29, 0.717) is 29.4 Å². The van der Waals surface area contributed by atoms with Gasteiger partial charge in [-0.1, -0.05) is 12.1 Å². The number of hydrogen-bond acceptors (Lipinski definition) is 5. The molecule has 2 heterocycles. The summed E-state index contributed by atoms with van der Waals surface area (Å²) in [6.45, 7) is 7.40. The lowest BCUT2D eigenvalue weighted by Crippen LogP contribution is -2.38. The van der Waals surface area contributed by atoms with Crippen molar-refractivity contribution >= 4 is 29.4 Å². The van der Waals surface area contributed by atoms with Crippen molar-refractivity contribution < 1.29 is 9.32 Å². The summed E-state index contributed by atoms with van der Waals surface area (Å²) in [6, 6.07) is 2.13. The summed E-state index contributed by atoms with van der Waals surface area (Å²) in [5.74, 6) is 0.368. The van der Waals surface area contributed by atoms with Crippen LogP contribution in [0.2, 0.25) is 0 Å². The molecule has 0 aliphatic heterocycles. The highest BCUT2D eigenvalue weighted by atomic mass is 35.5. The largest absolute Gasteiger partial charge is 0.350 e. The zero-order valence-electron chi connectivity index (χ0n) is 13.7. The van der Waals surface area contributed by atoms with Crippen molar-refractivity contribution in [2.45, 2.75) is 45.6 Å². The third-order valence-electron chi connectivity index (χ3n) is 4.00. The Labute approximate surface area is 141 Å². The molecule has 126 valence electrons. The van der Waals surface area contributed by atoms with Crippen LogP contribution in [0.15, 0.2) is 10.6 Å². The Morgan fingerprint density at radius 3 is 2.87 bits per heavy atom. The molecule has 0 radical (unpaired) electrons. The van der Waals surface area contributed by atoms with Crippen LogP contribution in [0.4, 0.5) is 0 Å². The van der Waals surface area contributed by atoms with Crippen LogP contribution in [0.5, 0.6) is 0 Å². The molecule has 3 rings (SSSR count). The van der Waals surface area contributed by atoms with Crippen molar-refractivity contribution in [3.05, 3.63) is 23.0 Å². The fourth-order valence-electron chi connectivity index (χ4n) is 2.64. The molecule has 7 heteroatoms. The van der Waals surface area contributed by atoms with Crippen LogP contribution in [-0.2, 0) is 0 Å². The first kappa shape index (κ1) is 17.7. The van der Waals surface area contributed by atoms with Crippen molar-refractivity contribution in [2.24, 2.45) is 0 Å². The average molecular weight is 339 g/mol. The van der Waals surface area contributed by atoms with Crippen molar-refractivity contribution in [3.8, 4) is 0 Å². The molecule has 1 saturated carbocycles. The van der Waals surface area contributed by atoms with Gasteiger partial charge < -0.3 is 15.2 Å². The predicted octanol–water partition coefficient (Wildman–Crippen LogP) is 2.56. The first-order valence-corrected chi connectivity index (χ1v) is 7.88. The van der Waals surface area contributed by atoms with Gasteiger partial charge in [0.15, 0.2) is 0 Å². The summed E-state index contributed by atoms with van der Waals surface area (Å²) in [6.07, 6.45) is 2.26. The quantitative estimate of drug-likeness (QED) is 0.846. The molecule has 0 unspecified atom stereocenters. The number of pyridine rings is 1. The Kier molecular flexibility index (Phi) is 5.59. The van der Waals surface area contributed by atoms with E-state index in [0.717, 1.165) is 30.5 Å². The number of likely N-dealkylation sites (N-methyl/N-ethyl adjacent to an activating group) is 1. The van der Waals surface area contributed by atoms with E-state index in [4.69, 9.17) is 4.52 Å². The molecule has 1 aliphatic carbocycles. The van der Waals surface area contributed by atoms with Crippen molar-refractivity contribution in [1.29, 1.82) is 0 Å². The second kappa shape index (κ2) is 7.27. The minimum absolute atomic E-state index is 0. The number of aryl methyl sites for hydroxylation is 1. The molecule has 2 N–H and O–H groups in total. The Morgan fingerprint density at radius 1 is 1.48 bits per heavy atom. The number of carbonyl (C=O) groups excluding carboxylic acids is 1. The second-order valence-corrected chi connectivity index (χ2v) is 5.99. The van der Waals surface area contributed by atoms with Crippen molar-refractivity contribution in [2.75, 3.05) is 13.1 Å². The summed E-state index contributed by atoms with van der Waals surface area (Å²) in [5.41, 5.74) is 2.73. The molecule has 6 nitrogen and oxygen atoms in total. The molecule has 0 spiro atoms. The molecule has 1 aliphatic rings. The predicted molar refractivity (Wildman–Crippen MR) is 91.2 cm³/mol. The number of rotatable bonds is 6. The fraction of sp³-hybridized carbons (Fsp3) is 0.562. The van der Waals surface area contributed by atoms with Gasteiger partial charge >= 0.3 is 0 Å². The smallest absolute Gasteiger partial charge is 0.259 e. The van der Waals surface area contributed by atoms with Crippen LogP contribution in [0.25, 0.3) is 11.1 Å². The van der Waals surface area contributed by atoms with Gasteiger partial charge in [-0.2, -0.15) is 0 Å². The highest BCUT2D eigenvalue weighted by Gasteiger charge is 2.28. The monoisotopic (exact) mass is 338 g/mol. The fourth-order valence-corrected chi connectivity index (χ4v) is 2.64. The van der Waals surface area contributed by atoms with E-state index in [9.17, 15) is 4.79 Å². The summed E-state index contributed by atoms with van der Waals surface area (Å²) < 4.78 is 5.27. The number of carbonyl (C=O) groups is 1. The maximum Gasteiger partial charge on any atom is 0.259 e. The van der Waals surface area contributed by atoms with Gasteiger partial charge in [0, 0.05) is 24.2 Å². The van der Waals surface area contributed by atoms with Crippen LogP contribution in [0.3, 0.4) is 0 Å². The van der Waals surface area contributed by atoms with Gasteiger partial charge in [-0.05, 0) is 39.3 Å². The van der Waals surface area contributed by atoms with Gasteiger partial charge in [0.1, 0.15) is 0 Å². The maximum atomic E-state index is 12.6. The Hall–Kier alpha value is -1.66. The molecule has 0 aromatic carbocycles. The SMILES string of the molecule is CCN[C@H](C)CNC(=O)c1cc(C2CC2)nc2onc(C)c12.Cl. The van der Waals surface area contributed by atoms with E-state index < -0.39 is 0 Å². The normalized spacial score (nSPS) is 15.3. The van der Waals surface area contributed by atoms with Crippen LogP contribution < -0.4 is 10.6 Å². The van der Waals surface area contributed by atoms with E-state index in [1.807, 2.05) is 26.8 Å². The van der Waals surface area contributed by atoms with E-state index in [-0.39, 0.29) is 24.4 Å². The minimum atomic E-state index is -0.0923. The lowest BCUT2D eigenvalue weighted by Gasteiger charge is -2.13. The molecule has 1 fully saturated rings. The Bertz CT molecular complexity index is 697. The van der Waals surface area contributed by atoms with Gasteiger partial charge in [-0.15, -0.1) is 12.4 Å². The molecular formula is C16H23ClN4O2. The zero-order chi connectivity index (χ0) is 15.7. The van der Waals surface area contributed by atoms with Crippen LogP contribution in [0.1, 0.15) is 54.4 Å². The van der Waals surface area contributed by atoms with Gasteiger partial charge in [-0.25, -0.2) is 4.98 Å². The third kappa shape index (κ3) is 3.82. The third-order valence-corrected chi connectivity index (χ3v) is 4.00.